The molecular formula is C55H40N2. The Balaban J connectivity index is 1.26. The summed E-state index contributed by atoms with van der Waals surface area (Å²) in [6.45, 7) is 4.74. The van der Waals surface area contributed by atoms with Crippen molar-refractivity contribution in [3.8, 4) is 67.3 Å². The van der Waals surface area contributed by atoms with Crippen LogP contribution < -0.4 is 0 Å². The highest BCUT2D eigenvalue weighted by molar-refractivity contribution is 6.16. The first kappa shape index (κ1) is 33.2. The number of para-hydroxylation sites is 3. The first-order valence-electron chi connectivity index (χ1n) is 19.9. The lowest BCUT2D eigenvalue weighted by Crippen LogP contribution is -2.15. The number of benzene rings is 8. The fraction of sp³-hybridized carbons (Fsp3) is 0.0545. The maximum absolute atomic E-state index is 2.52. The third-order valence-electron chi connectivity index (χ3n) is 12.2. The summed E-state index contributed by atoms with van der Waals surface area (Å²) in [5.74, 6) is 0. The first-order chi connectivity index (χ1) is 28.1. The molecule has 270 valence electrons. The summed E-state index contributed by atoms with van der Waals surface area (Å²) in [6.07, 6.45) is 0. The van der Waals surface area contributed by atoms with Crippen molar-refractivity contribution in [2.24, 2.45) is 0 Å². The van der Waals surface area contributed by atoms with Gasteiger partial charge in [-0.15, -0.1) is 0 Å². The number of nitrogens with zero attached hydrogens (tertiary/aromatic N) is 2. The van der Waals surface area contributed by atoms with Crippen molar-refractivity contribution in [3.63, 3.8) is 0 Å². The molecule has 0 N–H and O–H groups in total. The van der Waals surface area contributed by atoms with Gasteiger partial charge in [-0.25, -0.2) is 0 Å². The maximum atomic E-state index is 2.52. The van der Waals surface area contributed by atoms with Crippen molar-refractivity contribution < 1.29 is 0 Å². The minimum Gasteiger partial charge on any atom is -0.309 e. The molecule has 0 fully saturated rings. The lowest BCUT2D eigenvalue weighted by molar-refractivity contribution is 0.660. The largest absolute Gasteiger partial charge is 0.309 e. The summed E-state index contributed by atoms with van der Waals surface area (Å²) in [5, 5.41) is 2.44. The fourth-order valence-corrected chi connectivity index (χ4v) is 9.52. The molecule has 0 atom stereocenters. The predicted molar refractivity (Wildman–Crippen MR) is 239 cm³/mol. The van der Waals surface area contributed by atoms with Crippen LogP contribution >= 0.6 is 0 Å². The second-order valence-electron chi connectivity index (χ2n) is 15.7. The van der Waals surface area contributed by atoms with Crippen molar-refractivity contribution in [2.45, 2.75) is 19.3 Å². The van der Waals surface area contributed by atoms with Crippen LogP contribution in [0, 0.1) is 0 Å². The van der Waals surface area contributed by atoms with Gasteiger partial charge in [-0.05, 0) is 80.9 Å². The summed E-state index contributed by atoms with van der Waals surface area (Å²) >= 11 is 0. The molecule has 0 radical (unpaired) electrons. The number of aromatic nitrogens is 2. The monoisotopic (exact) mass is 728 g/mol. The van der Waals surface area contributed by atoms with E-state index in [9.17, 15) is 0 Å². The standard InChI is InChI=1S/C55H40N2/c1-55(2)47-27-15-12-24-43(47)44-35-34-42(36-48(44)55)57-50-29-17-14-26-46(50)51(53(57)39-20-8-4-9-21-39)52-45-25-13-16-28-49(45)56(41-22-10-5-11-23-41)54(52)40-32-30-38(31-33-40)37-18-6-3-7-19-37/h3-36H,1-2H3. The van der Waals surface area contributed by atoms with Crippen LogP contribution in [0.25, 0.3) is 89.1 Å². The molecule has 2 nitrogen and oxygen atoms in total. The van der Waals surface area contributed by atoms with Gasteiger partial charge in [-0.3, -0.25) is 0 Å². The highest BCUT2D eigenvalue weighted by Crippen LogP contribution is 2.53. The molecule has 0 saturated carbocycles. The highest BCUT2D eigenvalue weighted by Gasteiger charge is 2.36. The molecule has 2 heteroatoms. The number of hydrogen-bond donors (Lipinski definition) is 0. The second kappa shape index (κ2) is 13.0. The highest BCUT2D eigenvalue weighted by atomic mass is 15.0. The van der Waals surface area contributed by atoms with Crippen LogP contribution in [0.5, 0.6) is 0 Å². The van der Waals surface area contributed by atoms with E-state index in [2.05, 4.69) is 229 Å². The quantitative estimate of drug-likeness (QED) is 0.161. The van der Waals surface area contributed by atoms with Gasteiger partial charge in [0.05, 0.1) is 22.4 Å². The minimum absolute atomic E-state index is 0.122. The van der Waals surface area contributed by atoms with Gasteiger partial charge in [-0.2, -0.15) is 0 Å². The number of fused-ring (bicyclic) bond motifs is 5. The molecule has 0 aliphatic heterocycles. The maximum Gasteiger partial charge on any atom is 0.0620 e. The average molecular weight is 729 g/mol. The van der Waals surface area contributed by atoms with Crippen LogP contribution in [0.1, 0.15) is 25.0 Å². The molecule has 0 spiro atoms. The molecular weight excluding hydrogens is 689 g/mol. The SMILES string of the molecule is CC1(C)c2ccccc2-c2ccc(-n3c(-c4ccccc4)c(-c4c(-c5ccc(-c6ccccc6)cc5)n(-c5ccccc5)c5ccccc45)c4ccccc43)cc21. The van der Waals surface area contributed by atoms with Crippen molar-refractivity contribution in [1.82, 2.24) is 9.13 Å². The number of hydrogen-bond acceptors (Lipinski definition) is 0. The summed E-state index contributed by atoms with van der Waals surface area (Å²) in [5.41, 5.74) is 19.5. The zero-order valence-electron chi connectivity index (χ0n) is 32.0. The Hall–Kier alpha value is -7.16. The van der Waals surface area contributed by atoms with Gasteiger partial charge < -0.3 is 9.13 Å². The van der Waals surface area contributed by atoms with E-state index in [1.807, 2.05) is 0 Å². The zero-order chi connectivity index (χ0) is 38.1. The van der Waals surface area contributed by atoms with Crippen LogP contribution in [0.15, 0.2) is 206 Å². The van der Waals surface area contributed by atoms with Crippen molar-refractivity contribution in [3.05, 3.63) is 217 Å². The Morgan fingerprint density at radius 2 is 0.772 bits per heavy atom. The van der Waals surface area contributed by atoms with E-state index in [4.69, 9.17) is 0 Å². The summed E-state index contributed by atoms with van der Waals surface area (Å²) < 4.78 is 4.99. The molecule has 0 bridgehead atoms. The smallest absolute Gasteiger partial charge is 0.0620 e. The van der Waals surface area contributed by atoms with Gasteiger partial charge in [-0.1, -0.05) is 184 Å². The van der Waals surface area contributed by atoms with E-state index in [1.54, 1.807) is 0 Å². The Kier molecular flexibility index (Phi) is 7.55. The van der Waals surface area contributed by atoms with E-state index in [-0.39, 0.29) is 5.41 Å². The van der Waals surface area contributed by atoms with Crippen molar-refractivity contribution >= 4 is 21.8 Å². The van der Waals surface area contributed by atoms with Crippen molar-refractivity contribution in [2.75, 3.05) is 0 Å². The summed E-state index contributed by atoms with van der Waals surface area (Å²) in [6, 6.07) is 75.6. The van der Waals surface area contributed by atoms with E-state index < -0.39 is 0 Å². The van der Waals surface area contributed by atoms with Gasteiger partial charge in [0.1, 0.15) is 0 Å². The van der Waals surface area contributed by atoms with Crippen LogP contribution in [-0.2, 0) is 5.41 Å². The van der Waals surface area contributed by atoms with Crippen LogP contribution in [-0.4, -0.2) is 9.13 Å². The molecule has 2 aromatic heterocycles. The zero-order valence-corrected chi connectivity index (χ0v) is 32.0. The van der Waals surface area contributed by atoms with Crippen molar-refractivity contribution in [1.29, 1.82) is 0 Å². The van der Waals surface area contributed by atoms with Crippen LogP contribution in [0.3, 0.4) is 0 Å². The molecule has 2 heterocycles. The Bertz CT molecular complexity index is 3110. The molecule has 57 heavy (non-hydrogen) atoms. The molecule has 8 aromatic carbocycles. The van der Waals surface area contributed by atoms with Crippen LogP contribution in [0.2, 0.25) is 0 Å². The normalized spacial score (nSPS) is 12.9. The van der Waals surface area contributed by atoms with E-state index in [0.717, 1.165) is 16.9 Å². The van der Waals surface area contributed by atoms with E-state index in [1.165, 1.54) is 83.3 Å². The van der Waals surface area contributed by atoms with E-state index >= 15 is 0 Å². The third kappa shape index (κ3) is 5.11. The van der Waals surface area contributed by atoms with Crippen LogP contribution in [0.4, 0.5) is 0 Å². The first-order valence-corrected chi connectivity index (χ1v) is 19.9. The average Bonchev–Trinajstić information content (AvgIpc) is 3.88. The van der Waals surface area contributed by atoms with Gasteiger partial charge in [0.2, 0.25) is 0 Å². The topological polar surface area (TPSA) is 9.86 Å². The van der Waals surface area contributed by atoms with Gasteiger partial charge in [0.25, 0.3) is 0 Å². The lowest BCUT2D eigenvalue weighted by Gasteiger charge is -2.22. The second-order valence-corrected chi connectivity index (χ2v) is 15.7. The summed E-state index contributed by atoms with van der Waals surface area (Å²) in [7, 11) is 0. The van der Waals surface area contributed by atoms with Gasteiger partial charge in [0, 0.05) is 38.7 Å². The van der Waals surface area contributed by atoms with E-state index in [0.29, 0.717) is 0 Å². The molecule has 1 aliphatic carbocycles. The Labute approximate surface area is 333 Å². The molecule has 11 rings (SSSR count). The van der Waals surface area contributed by atoms with Gasteiger partial charge in [0.15, 0.2) is 0 Å². The molecule has 0 saturated heterocycles. The molecule has 10 aromatic rings. The number of rotatable bonds is 6. The predicted octanol–water partition coefficient (Wildman–Crippen LogP) is 14.5. The third-order valence-corrected chi connectivity index (χ3v) is 12.2. The molecule has 1 aliphatic rings. The molecule has 0 unspecified atom stereocenters. The minimum atomic E-state index is -0.122. The Morgan fingerprint density at radius 3 is 1.40 bits per heavy atom. The van der Waals surface area contributed by atoms with Gasteiger partial charge >= 0.3 is 0 Å². The fourth-order valence-electron chi connectivity index (χ4n) is 9.52. The summed E-state index contributed by atoms with van der Waals surface area (Å²) in [4.78, 5) is 0. The lowest BCUT2D eigenvalue weighted by atomic mass is 9.82. The Morgan fingerprint density at radius 1 is 0.333 bits per heavy atom. The molecule has 0 amide bonds.